The van der Waals surface area contributed by atoms with Crippen LogP contribution in [0.4, 0.5) is 8.78 Å². The van der Waals surface area contributed by atoms with E-state index in [4.69, 9.17) is 4.74 Å². The van der Waals surface area contributed by atoms with Gasteiger partial charge in [0.05, 0.1) is 6.54 Å². The fourth-order valence-corrected chi connectivity index (χ4v) is 1.10. The highest BCUT2D eigenvalue weighted by Crippen LogP contribution is 2.14. The van der Waals surface area contributed by atoms with Crippen molar-refractivity contribution in [1.29, 1.82) is 0 Å². The summed E-state index contributed by atoms with van der Waals surface area (Å²) >= 11 is 0. The van der Waals surface area contributed by atoms with Crippen LogP contribution in [0.5, 0.6) is 5.75 Å². The fourth-order valence-electron chi connectivity index (χ4n) is 1.10. The quantitative estimate of drug-likeness (QED) is 0.851. The zero-order chi connectivity index (χ0) is 14.4. The van der Waals surface area contributed by atoms with Gasteiger partial charge in [-0.1, -0.05) is 0 Å². The minimum atomic E-state index is -1.05. The SMILES string of the molecule is CN(C)C(=O)CNC(=O)COc1ccc(F)c(F)c1. The van der Waals surface area contributed by atoms with Crippen LogP contribution in [0.2, 0.25) is 0 Å². The number of rotatable bonds is 5. The van der Waals surface area contributed by atoms with Crippen molar-refractivity contribution in [3.8, 4) is 5.75 Å². The third-order valence-electron chi connectivity index (χ3n) is 2.20. The molecule has 0 aliphatic heterocycles. The van der Waals surface area contributed by atoms with Gasteiger partial charge in [0.1, 0.15) is 5.75 Å². The summed E-state index contributed by atoms with van der Waals surface area (Å²) in [6.45, 7) is -0.529. The number of benzene rings is 1. The van der Waals surface area contributed by atoms with Crippen LogP contribution < -0.4 is 10.1 Å². The summed E-state index contributed by atoms with van der Waals surface area (Å²) in [7, 11) is 3.12. The molecule has 0 radical (unpaired) electrons. The molecule has 104 valence electrons. The van der Waals surface area contributed by atoms with Gasteiger partial charge in [-0.2, -0.15) is 0 Å². The van der Waals surface area contributed by atoms with E-state index >= 15 is 0 Å². The normalized spacial score (nSPS) is 9.89. The highest BCUT2D eigenvalue weighted by Gasteiger charge is 2.08. The molecule has 0 saturated carbocycles. The molecule has 1 aromatic carbocycles. The molecule has 0 fully saturated rings. The Hall–Kier alpha value is -2.18. The lowest BCUT2D eigenvalue weighted by Crippen LogP contribution is -2.38. The minimum Gasteiger partial charge on any atom is -0.484 e. The molecule has 0 atom stereocenters. The van der Waals surface area contributed by atoms with E-state index in [1.165, 1.54) is 11.0 Å². The van der Waals surface area contributed by atoms with Crippen molar-refractivity contribution < 1.29 is 23.1 Å². The smallest absolute Gasteiger partial charge is 0.258 e. The van der Waals surface area contributed by atoms with E-state index in [1.54, 1.807) is 14.1 Å². The molecular weight excluding hydrogens is 258 g/mol. The number of hydrogen-bond donors (Lipinski definition) is 1. The molecule has 5 nitrogen and oxygen atoms in total. The highest BCUT2D eigenvalue weighted by molar-refractivity contribution is 5.85. The fraction of sp³-hybridized carbons (Fsp3) is 0.333. The highest BCUT2D eigenvalue weighted by atomic mass is 19.2. The number of nitrogens with one attached hydrogen (secondary N) is 1. The topological polar surface area (TPSA) is 58.6 Å². The summed E-state index contributed by atoms with van der Waals surface area (Å²) in [5, 5.41) is 2.34. The van der Waals surface area contributed by atoms with Crippen LogP contribution in [0.1, 0.15) is 0 Å². The largest absolute Gasteiger partial charge is 0.484 e. The minimum absolute atomic E-state index is 0.0352. The average Bonchev–Trinajstić information content (AvgIpc) is 2.37. The van der Waals surface area contributed by atoms with Crippen LogP contribution in [0, 0.1) is 11.6 Å². The molecule has 0 aliphatic rings. The van der Waals surface area contributed by atoms with E-state index in [1.807, 2.05) is 0 Å². The average molecular weight is 272 g/mol. The Bertz CT molecular complexity index is 478. The number of hydrogen-bond acceptors (Lipinski definition) is 3. The van der Waals surface area contributed by atoms with E-state index in [9.17, 15) is 18.4 Å². The van der Waals surface area contributed by atoms with Crippen LogP contribution in [0.3, 0.4) is 0 Å². The summed E-state index contributed by atoms with van der Waals surface area (Å²) in [5.41, 5.74) is 0. The molecule has 0 heterocycles. The number of carbonyl (C=O) groups excluding carboxylic acids is 2. The second-order valence-corrected chi connectivity index (χ2v) is 3.93. The summed E-state index contributed by atoms with van der Waals surface area (Å²) < 4.78 is 30.4. The van der Waals surface area contributed by atoms with Gasteiger partial charge in [0.25, 0.3) is 5.91 Å². The Morgan fingerprint density at radius 1 is 1.26 bits per heavy atom. The standard InChI is InChI=1S/C12H14F2N2O3/c1-16(2)12(18)6-15-11(17)7-19-8-3-4-9(13)10(14)5-8/h3-5H,6-7H2,1-2H3,(H,15,17). The monoisotopic (exact) mass is 272 g/mol. The predicted octanol–water partition coefficient (Wildman–Crippen LogP) is 0.548. The molecule has 19 heavy (non-hydrogen) atoms. The maximum absolute atomic E-state index is 12.8. The first-order valence-corrected chi connectivity index (χ1v) is 5.45. The third-order valence-corrected chi connectivity index (χ3v) is 2.20. The molecule has 0 bridgehead atoms. The summed E-state index contributed by atoms with van der Waals surface area (Å²) in [6.07, 6.45) is 0. The van der Waals surface area contributed by atoms with Crippen molar-refractivity contribution in [2.75, 3.05) is 27.2 Å². The predicted molar refractivity (Wildman–Crippen MR) is 63.6 cm³/mol. The molecule has 0 spiro atoms. The van der Waals surface area contributed by atoms with Crippen LogP contribution in [-0.4, -0.2) is 44.0 Å². The van der Waals surface area contributed by atoms with Gasteiger partial charge in [0.2, 0.25) is 5.91 Å². The van der Waals surface area contributed by atoms with Gasteiger partial charge in [0.15, 0.2) is 18.2 Å². The van der Waals surface area contributed by atoms with Gasteiger partial charge < -0.3 is 15.0 Å². The van der Waals surface area contributed by atoms with Crippen molar-refractivity contribution in [2.24, 2.45) is 0 Å². The molecule has 2 amide bonds. The first kappa shape index (κ1) is 14.9. The Balaban J connectivity index is 2.38. The molecule has 0 saturated heterocycles. The van der Waals surface area contributed by atoms with Crippen LogP contribution >= 0.6 is 0 Å². The molecule has 0 aromatic heterocycles. The van der Waals surface area contributed by atoms with E-state index in [-0.39, 0.29) is 24.8 Å². The maximum atomic E-state index is 12.8. The van der Waals surface area contributed by atoms with Gasteiger partial charge in [-0.25, -0.2) is 8.78 Å². The van der Waals surface area contributed by atoms with Gasteiger partial charge in [-0.05, 0) is 12.1 Å². The molecule has 0 unspecified atom stereocenters. The summed E-state index contributed by atoms with van der Waals surface area (Å²) in [5.74, 6) is -2.80. The van der Waals surface area contributed by atoms with Crippen molar-refractivity contribution in [2.45, 2.75) is 0 Å². The molecule has 1 N–H and O–H groups in total. The van der Waals surface area contributed by atoms with E-state index < -0.39 is 17.5 Å². The maximum Gasteiger partial charge on any atom is 0.258 e. The Morgan fingerprint density at radius 2 is 1.95 bits per heavy atom. The zero-order valence-corrected chi connectivity index (χ0v) is 10.6. The van der Waals surface area contributed by atoms with Crippen LogP contribution in [0.25, 0.3) is 0 Å². The summed E-state index contributed by atoms with van der Waals surface area (Å²) in [6, 6.07) is 2.95. The van der Waals surface area contributed by atoms with Gasteiger partial charge in [0, 0.05) is 20.2 Å². The lowest BCUT2D eigenvalue weighted by molar-refractivity contribution is -0.131. The number of amides is 2. The van der Waals surface area contributed by atoms with Gasteiger partial charge in [-0.3, -0.25) is 9.59 Å². The van der Waals surface area contributed by atoms with Crippen molar-refractivity contribution >= 4 is 11.8 Å². The number of carbonyl (C=O) groups is 2. The van der Waals surface area contributed by atoms with Crippen LogP contribution in [-0.2, 0) is 9.59 Å². The van der Waals surface area contributed by atoms with E-state index in [0.29, 0.717) is 0 Å². The van der Waals surface area contributed by atoms with Crippen molar-refractivity contribution in [3.63, 3.8) is 0 Å². The second-order valence-electron chi connectivity index (χ2n) is 3.93. The van der Waals surface area contributed by atoms with Gasteiger partial charge in [-0.15, -0.1) is 0 Å². The molecule has 0 aliphatic carbocycles. The molecular formula is C12H14F2N2O3. The molecule has 1 aromatic rings. The Morgan fingerprint density at radius 3 is 2.53 bits per heavy atom. The van der Waals surface area contributed by atoms with Crippen molar-refractivity contribution in [1.82, 2.24) is 10.2 Å². The first-order valence-electron chi connectivity index (χ1n) is 5.45. The van der Waals surface area contributed by atoms with E-state index in [2.05, 4.69) is 5.32 Å². The molecule has 7 heteroatoms. The third kappa shape index (κ3) is 4.90. The number of halogens is 2. The van der Waals surface area contributed by atoms with E-state index in [0.717, 1.165) is 12.1 Å². The molecule has 1 rings (SSSR count). The zero-order valence-electron chi connectivity index (χ0n) is 10.6. The van der Waals surface area contributed by atoms with Crippen LogP contribution in [0.15, 0.2) is 18.2 Å². The summed E-state index contributed by atoms with van der Waals surface area (Å²) in [4.78, 5) is 23.8. The first-order chi connectivity index (χ1) is 8.90. The number of ether oxygens (including phenoxy) is 1. The van der Waals surface area contributed by atoms with Crippen molar-refractivity contribution in [3.05, 3.63) is 29.8 Å². The Labute approximate surface area is 109 Å². The lowest BCUT2D eigenvalue weighted by atomic mass is 10.3. The number of likely N-dealkylation sites (N-methyl/N-ethyl adjacent to an activating group) is 1. The Kier molecular flexibility index (Phi) is 5.23. The van der Waals surface area contributed by atoms with Gasteiger partial charge >= 0.3 is 0 Å². The lowest BCUT2D eigenvalue weighted by Gasteiger charge is -2.11. The second kappa shape index (κ2) is 6.67. The number of nitrogens with zero attached hydrogens (tertiary/aromatic N) is 1.